The van der Waals surface area contributed by atoms with Crippen LogP contribution in [0.25, 0.3) is 42.1 Å². The van der Waals surface area contributed by atoms with Crippen LogP contribution in [-0.2, 0) is 0 Å². The Hall–Kier alpha value is -3.10. The topological polar surface area (TPSA) is 13.1 Å². The number of rotatable bonds is 0. The fourth-order valence-electron chi connectivity index (χ4n) is 3.35. The predicted molar refractivity (Wildman–Crippen MR) is 158 cm³/mol. The molecular weight excluding hydrogens is 432 g/mol. The van der Waals surface area contributed by atoms with Gasteiger partial charge < -0.3 is 4.42 Å². The Balaban J connectivity index is 0.000000264. The van der Waals surface area contributed by atoms with Crippen LogP contribution < -0.4 is 0 Å². The minimum Gasteiger partial charge on any atom is -0.456 e. The van der Waals surface area contributed by atoms with Gasteiger partial charge in [0.15, 0.2) is 0 Å². The second kappa shape index (κ2) is 16.5. The van der Waals surface area contributed by atoms with Gasteiger partial charge in [-0.25, -0.2) is 0 Å². The van der Waals surface area contributed by atoms with E-state index in [2.05, 4.69) is 60.7 Å². The van der Waals surface area contributed by atoms with E-state index >= 15 is 0 Å². The number of para-hydroxylation sites is 2. The molecule has 2 heteroatoms. The molecule has 0 aliphatic heterocycles. The Labute approximate surface area is 210 Å². The Morgan fingerprint density at radius 1 is 0.382 bits per heavy atom. The largest absolute Gasteiger partial charge is 0.456 e. The lowest BCUT2D eigenvalue weighted by Gasteiger charge is -1.88. The lowest BCUT2D eigenvalue weighted by molar-refractivity contribution is 0.669. The van der Waals surface area contributed by atoms with Crippen molar-refractivity contribution in [2.24, 2.45) is 0 Å². The van der Waals surface area contributed by atoms with Crippen molar-refractivity contribution in [3.63, 3.8) is 0 Å². The molecule has 4 aromatic carbocycles. The summed E-state index contributed by atoms with van der Waals surface area (Å²) in [7, 11) is 0. The molecule has 2 aromatic heterocycles. The molecule has 0 amide bonds. The van der Waals surface area contributed by atoms with Crippen LogP contribution in [-0.4, -0.2) is 0 Å². The van der Waals surface area contributed by atoms with Crippen LogP contribution in [0.15, 0.2) is 101 Å². The maximum atomic E-state index is 5.65. The third kappa shape index (κ3) is 6.95. The fraction of sp³-hybridized carbons (Fsp3) is 0.250. The summed E-state index contributed by atoms with van der Waals surface area (Å²) >= 11 is 1.86. The lowest BCUT2D eigenvalue weighted by atomic mass is 10.2. The van der Waals surface area contributed by atoms with Gasteiger partial charge in [-0.05, 0) is 24.3 Å². The first-order valence-electron chi connectivity index (χ1n) is 12.6. The van der Waals surface area contributed by atoms with E-state index in [1.54, 1.807) is 0 Å². The summed E-state index contributed by atoms with van der Waals surface area (Å²) in [6.45, 7) is 16.0. The van der Waals surface area contributed by atoms with Crippen molar-refractivity contribution in [1.82, 2.24) is 0 Å². The van der Waals surface area contributed by atoms with Gasteiger partial charge in [-0.1, -0.05) is 128 Å². The fourth-order valence-corrected chi connectivity index (χ4v) is 4.46. The van der Waals surface area contributed by atoms with Gasteiger partial charge in [0.1, 0.15) is 11.2 Å². The predicted octanol–water partition coefficient (Wildman–Crippen LogP) is 11.7. The summed E-state index contributed by atoms with van der Waals surface area (Å²) < 4.78 is 8.41. The number of hydrogen-bond acceptors (Lipinski definition) is 2. The van der Waals surface area contributed by atoms with Gasteiger partial charge in [-0.15, -0.1) is 11.3 Å². The molecule has 0 saturated heterocycles. The molecule has 6 aromatic rings. The van der Waals surface area contributed by atoms with Crippen molar-refractivity contribution >= 4 is 53.4 Å². The first-order valence-corrected chi connectivity index (χ1v) is 13.4. The summed E-state index contributed by atoms with van der Waals surface area (Å²) in [5, 5.41) is 5.14. The molecule has 2 heterocycles. The van der Waals surface area contributed by atoms with Gasteiger partial charge in [-0.3, -0.25) is 0 Å². The van der Waals surface area contributed by atoms with Gasteiger partial charge >= 0.3 is 0 Å². The molecule has 6 rings (SSSR count). The van der Waals surface area contributed by atoms with E-state index in [1.807, 2.05) is 103 Å². The molecule has 0 unspecified atom stereocenters. The zero-order chi connectivity index (χ0) is 25.3. The zero-order valence-electron chi connectivity index (χ0n) is 22.1. The van der Waals surface area contributed by atoms with E-state index < -0.39 is 0 Å². The molecule has 1 nitrogen and oxygen atoms in total. The highest BCUT2D eigenvalue weighted by atomic mass is 32.1. The van der Waals surface area contributed by atoms with E-state index in [9.17, 15) is 0 Å². The highest BCUT2D eigenvalue weighted by molar-refractivity contribution is 7.25. The smallest absolute Gasteiger partial charge is 0.135 e. The van der Waals surface area contributed by atoms with Crippen LogP contribution in [0.4, 0.5) is 0 Å². The van der Waals surface area contributed by atoms with E-state index in [0.29, 0.717) is 0 Å². The summed E-state index contributed by atoms with van der Waals surface area (Å²) in [4.78, 5) is 0. The van der Waals surface area contributed by atoms with Gasteiger partial charge in [0.2, 0.25) is 0 Å². The van der Waals surface area contributed by atoms with Crippen LogP contribution in [0.3, 0.4) is 0 Å². The van der Waals surface area contributed by atoms with Crippen molar-refractivity contribution < 1.29 is 4.42 Å². The highest BCUT2D eigenvalue weighted by Crippen LogP contribution is 2.33. The van der Waals surface area contributed by atoms with Crippen LogP contribution in [0, 0.1) is 0 Å². The van der Waals surface area contributed by atoms with Crippen LogP contribution in [0.1, 0.15) is 55.4 Å². The Morgan fingerprint density at radius 2 is 0.676 bits per heavy atom. The highest BCUT2D eigenvalue weighted by Gasteiger charge is 2.03. The number of benzene rings is 4. The zero-order valence-corrected chi connectivity index (χ0v) is 22.9. The van der Waals surface area contributed by atoms with Crippen molar-refractivity contribution in [3.8, 4) is 0 Å². The Bertz CT molecular complexity index is 1130. The first kappa shape index (κ1) is 28.9. The van der Waals surface area contributed by atoms with Gasteiger partial charge in [0.25, 0.3) is 0 Å². The third-order valence-electron chi connectivity index (χ3n) is 4.57. The van der Waals surface area contributed by atoms with E-state index in [0.717, 1.165) is 11.2 Å². The molecule has 0 atom stereocenters. The quantitative estimate of drug-likeness (QED) is 0.214. The Kier molecular flexibility index (Phi) is 14.0. The first-order chi connectivity index (χ1) is 16.9. The van der Waals surface area contributed by atoms with Crippen molar-refractivity contribution in [2.45, 2.75) is 55.4 Å². The van der Waals surface area contributed by atoms with E-state index in [1.165, 1.54) is 30.9 Å². The molecule has 0 saturated carbocycles. The number of furan rings is 1. The SMILES string of the molecule is CC.CC.CC.CC.c1ccc2c(c1)oc1ccccc12.c1ccc2c(c1)sc1ccccc12. The molecule has 180 valence electrons. The van der Waals surface area contributed by atoms with Crippen molar-refractivity contribution in [2.75, 3.05) is 0 Å². The summed E-state index contributed by atoms with van der Waals surface area (Å²) in [5.41, 5.74) is 1.92. The number of thiophene rings is 1. The van der Waals surface area contributed by atoms with Gasteiger partial charge in [0.05, 0.1) is 0 Å². The van der Waals surface area contributed by atoms with E-state index in [4.69, 9.17) is 4.42 Å². The van der Waals surface area contributed by atoms with Crippen LogP contribution >= 0.6 is 11.3 Å². The lowest BCUT2D eigenvalue weighted by Crippen LogP contribution is -1.62. The molecule has 0 aliphatic rings. The average Bonchev–Trinajstić information content (AvgIpc) is 3.52. The third-order valence-corrected chi connectivity index (χ3v) is 5.72. The van der Waals surface area contributed by atoms with Gasteiger partial charge in [-0.2, -0.15) is 0 Å². The summed E-state index contributed by atoms with van der Waals surface area (Å²) in [6.07, 6.45) is 0. The second-order valence-corrected chi connectivity index (χ2v) is 7.27. The molecule has 0 aliphatic carbocycles. The normalized spacial score (nSPS) is 9.18. The molecule has 34 heavy (non-hydrogen) atoms. The van der Waals surface area contributed by atoms with Gasteiger partial charge in [0, 0.05) is 30.9 Å². The Morgan fingerprint density at radius 3 is 1.06 bits per heavy atom. The molecular formula is C32H40OS. The number of hydrogen-bond donors (Lipinski definition) is 0. The molecule has 0 radical (unpaired) electrons. The average molecular weight is 473 g/mol. The minimum absolute atomic E-state index is 0.962. The molecule has 0 N–H and O–H groups in total. The standard InChI is InChI=1S/C12H8O.C12H8S.4C2H6/c2*1-3-7-11-9(5-1)10-6-2-4-8-12(10)13-11;4*1-2/h2*1-8H;4*1-2H3. The van der Waals surface area contributed by atoms with Crippen LogP contribution in [0.2, 0.25) is 0 Å². The molecule has 0 bridgehead atoms. The maximum Gasteiger partial charge on any atom is 0.135 e. The number of fused-ring (bicyclic) bond motifs is 6. The van der Waals surface area contributed by atoms with Crippen molar-refractivity contribution in [3.05, 3.63) is 97.1 Å². The van der Waals surface area contributed by atoms with Crippen molar-refractivity contribution in [1.29, 1.82) is 0 Å². The molecule has 0 spiro atoms. The maximum absolute atomic E-state index is 5.65. The molecule has 0 fully saturated rings. The minimum atomic E-state index is 0.962. The van der Waals surface area contributed by atoms with E-state index in [-0.39, 0.29) is 0 Å². The van der Waals surface area contributed by atoms with Crippen LogP contribution in [0.5, 0.6) is 0 Å². The summed E-state index contributed by atoms with van der Waals surface area (Å²) in [5.74, 6) is 0. The second-order valence-electron chi connectivity index (χ2n) is 6.19. The summed E-state index contributed by atoms with van der Waals surface area (Å²) in [6, 6.07) is 33.3. The monoisotopic (exact) mass is 472 g/mol.